The van der Waals surface area contributed by atoms with E-state index in [1.165, 1.54) is 34.3 Å². The van der Waals surface area contributed by atoms with Crippen LogP contribution >= 0.6 is 34.8 Å². The predicted octanol–water partition coefficient (Wildman–Crippen LogP) is 9.18. The number of allylic oxidation sites excluding steroid dienone is 4. The van der Waals surface area contributed by atoms with Crippen LogP contribution in [0.2, 0.25) is 15.5 Å². The summed E-state index contributed by atoms with van der Waals surface area (Å²) < 4.78 is 101. The molecule has 38 heteroatoms. The van der Waals surface area contributed by atoms with Gasteiger partial charge in [0.1, 0.15) is 64.0 Å². The number of sulfonamides is 3. The van der Waals surface area contributed by atoms with Crippen molar-refractivity contribution in [3.63, 3.8) is 0 Å². The van der Waals surface area contributed by atoms with E-state index >= 15 is 0 Å². The lowest BCUT2D eigenvalue weighted by atomic mass is 9.96. The summed E-state index contributed by atoms with van der Waals surface area (Å²) in [5.41, 5.74) is 21.4. The number of halogens is 3. The maximum absolute atomic E-state index is 12.3. The minimum Gasteiger partial charge on any atom is -0.363 e. The molecule has 8 aromatic heterocycles. The first-order valence-corrected chi connectivity index (χ1v) is 50.9. The molecule has 0 amide bonds. The Morgan fingerprint density at radius 3 is 1.08 bits per heavy atom. The predicted molar refractivity (Wildman–Crippen MR) is 489 cm³/mol. The Bertz CT molecular complexity index is 6110. The highest BCUT2D eigenvalue weighted by atomic mass is 35.5. The minimum absolute atomic E-state index is 0.171. The van der Waals surface area contributed by atoms with Crippen molar-refractivity contribution in [2.75, 3.05) is 155 Å². The zero-order valence-electron chi connectivity index (χ0n) is 71.2. The van der Waals surface area contributed by atoms with Crippen molar-refractivity contribution in [2.45, 2.75) is 155 Å². The number of hydrogen-bond donors (Lipinski definition) is 0. The van der Waals surface area contributed by atoms with Crippen molar-refractivity contribution < 1.29 is 33.7 Å². The largest absolute Gasteiger partial charge is 0.363 e. The van der Waals surface area contributed by atoms with Gasteiger partial charge >= 0.3 is 0 Å². The van der Waals surface area contributed by atoms with Crippen LogP contribution in [-0.2, 0) is 117 Å². The fourth-order valence-electron chi connectivity index (χ4n) is 19.5. The first-order valence-electron chi connectivity index (χ1n) is 42.4. The number of aromatic nitrogens is 12. The molecule has 0 saturated carbocycles. The Morgan fingerprint density at radius 1 is 0.379 bits per heavy atom. The summed E-state index contributed by atoms with van der Waals surface area (Å²) in [6.07, 6.45) is 36.7. The number of anilines is 8. The van der Waals surface area contributed by atoms with Crippen molar-refractivity contribution in [2.24, 2.45) is 0 Å². The molecular formula is C86H104Cl3N23O8S4. The van der Waals surface area contributed by atoms with Crippen LogP contribution in [0.5, 0.6) is 0 Å². The highest BCUT2D eigenvalue weighted by Crippen LogP contribution is 2.44. The molecule has 0 unspecified atom stereocenters. The number of rotatable bonds is 11. The molecule has 31 nitrogen and oxygen atoms in total. The van der Waals surface area contributed by atoms with Gasteiger partial charge in [-0.05, 0) is 72.2 Å². The molecule has 0 spiro atoms. The summed E-state index contributed by atoms with van der Waals surface area (Å²) in [7, 11) is -12.6. The van der Waals surface area contributed by atoms with Gasteiger partial charge < -0.3 is 39.2 Å². The molecule has 4 fully saturated rings. The summed E-state index contributed by atoms with van der Waals surface area (Å²) in [5.74, 6) is 3.94. The highest BCUT2D eigenvalue weighted by Gasteiger charge is 2.43. The topological polar surface area (TPSA) is 327 Å². The lowest BCUT2D eigenvalue weighted by Gasteiger charge is -2.47. The van der Waals surface area contributed by atoms with E-state index in [-0.39, 0.29) is 29.6 Å². The van der Waals surface area contributed by atoms with E-state index in [2.05, 4.69) is 181 Å². The van der Waals surface area contributed by atoms with Crippen LogP contribution in [0.3, 0.4) is 0 Å². The third-order valence-corrected chi connectivity index (χ3v) is 32.0. The van der Waals surface area contributed by atoms with E-state index in [0.717, 1.165) is 196 Å². The lowest BCUT2D eigenvalue weighted by molar-refractivity contribution is 0.205. The lowest BCUT2D eigenvalue weighted by Crippen LogP contribution is -2.61. The number of fused-ring (bicyclic) bond motifs is 8. The summed E-state index contributed by atoms with van der Waals surface area (Å²) in [6, 6.07) is 9.03. The van der Waals surface area contributed by atoms with E-state index in [1.54, 1.807) is 33.9 Å². The van der Waals surface area contributed by atoms with Gasteiger partial charge in [-0.2, -0.15) is 8.61 Å². The molecule has 4 atom stereocenters. The van der Waals surface area contributed by atoms with Gasteiger partial charge in [0.05, 0.1) is 75.8 Å². The maximum Gasteiger partial charge on any atom is 0.211 e. The third kappa shape index (κ3) is 18.0. The Hall–Kier alpha value is -9.17. The molecule has 8 aliphatic heterocycles. The molecule has 20 rings (SSSR count). The van der Waals surface area contributed by atoms with Crippen LogP contribution in [0.1, 0.15) is 138 Å². The minimum atomic E-state index is -3.28. The number of sulfone groups is 1. The average molecular weight is 1820 g/mol. The number of pyridine rings is 4. The Labute approximate surface area is 741 Å². The van der Waals surface area contributed by atoms with Crippen LogP contribution in [-0.4, -0.2) is 251 Å². The fraction of sp³-hybridized carbons (Fsp3) is 0.488. The SMILES string of the molecule is C[C@@H]1Cc2ncnc(N3CCCN(S(C)(=O)=O)CC3)c2CN1c1ccnc2c1C=CC2.C[C@@H]1Cc2ncnc(N3CCN(S(C)(=O)=O)C(C)(C)C3)c2CN1c1cc(Cl)nc2c1C=CC2.C[C@@H]1Cc2ncnc(N3CCN(S(C)(=O)=O)CC3)c2CN1c1cc(Cl)nc2c1C=CC2.C[C@@H]1Cc2ncnc(N3CCS(=O)(=O)CC3)c2CN1c1cc(Cl)nc2c1C=CC2. The van der Waals surface area contributed by atoms with E-state index in [4.69, 9.17) is 34.8 Å². The molecule has 16 heterocycles. The monoisotopic (exact) mass is 1820 g/mol. The second-order valence-electron chi connectivity index (χ2n) is 34.7. The van der Waals surface area contributed by atoms with Gasteiger partial charge in [-0.25, -0.2) is 92.8 Å². The first kappa shape index (κ1) is 86.9. The zero-order chi connectivity index (χ0) is 87.1. The first-order chi connectivity index (χ1) is 59.2. The van der Waals surface area contributed by atoms with Gasteiger partial charge in [-0.15, -0.1) is 0 Å². The standard InChI is InChI=1S/C23H29ClN6O2S.C22H28N6O2S.C21H25ClN6O2S.C20H22ClN5O2S/c1-15-10-19-17(12-29(15)20-11-21(24)27-18-7-5-6-16(18)20)22(26-14-25-19)28-8-9-30(33(4,31)32)23(2,3)13-28;1-16-13-20-18(14-28(16)21-7-8-23-19-6-3-5-17(19)21)22(25-15-24-20)26-9-4-10-27(12-11-26)31(2,29)30;1-14-10-18-16(12-28(14)19-11-20(22)25-17-5-3-4-15(17)19)21(24-13-23-18)26-6-8-27(9-7-26)31(2,29)30;1-13-9-17-15(20(23-12-22-17)25-5-7-29(27,28)8-6-25)11-26(13)18-10-19(21)24-16-4-2-3-14(16)18/h5-6,11,14-15H,7-10,12-13H2,1-4H3;3,5,7-8,15-16H,4,6,9-14H2,1-2H3;3-4,11,13-14H,5-10,12H2,1-2H3;2-3,10,12-13H,4-9,11H2,1H3/t15-;16-;14-;13-/m1111/s1. The molecule has 4 saturated heterocycles. The summed E-state index contributed by atoms with van der Waals surface area (Å²) in [5, 5.41) is 1.52. The summed E-state index contributed by atoms with van der Waals surface area (Å²) in [6.45, 7) is 22.7. The molecule has 4 aliphatic carbocycles. The molecule has 0 N–H and O–H groups in total. The van der Waals surface area contributed by atoms with E-state index in [1.807, 2.05) is 38.2 Å². The smallest absolute Gasteiger partial charge is 0.211 e. The van der Waals surface area contributed by atoms with E-state index in [9.17, 15) is 33.7 Å². The van der Waals surface area contributed by atoms with Gasteiger partial charge in [-0.3, -0.25) is 4.98 Å². The van der Waals surface area contributed by atoms with Crippen LogP contribution in [0, 0.1) is 0 Å². The van der Waals surface area contributed by atoms with Crippen LogP contribution in [0.15, 0.2) is 80.1 Å². The molecule has 656 valence electrons. The molecular weight excluding hydrogens is 1720 g/mol. The Morgan fingerprint density at radius 2 is 0.710 bits per heavy atom. The second kappa shape index (κ2) is 34.9. The highest BCUT2D eigenvalue weighted by molar-refractivity contribution is 7.91. The summed E-state index contributed by atoms with van der Waals surface area (Å²) >= 11 is 19.0. The van der Waals surface area contributed by atoms with E-state index in [0.29, 0.717) is 120 Å². The Balaban J connectivity index is 0.000000117. The van der Waals surface area contributed by atoms with Crippen molar-refractivity contribution in [1.82, 2.24) is 72.7 Å². The average Bonchev–Trinajstić information content (AvgIpc) is 0.964. The second-order valence-corrected chi connectivity index (χ2v) is 44.0. The number of piperazine rings is 2. The van der Waals surface area contributed by atoms with Crippen molar-refractivity contribution in [3.8, 4) is 0 Å². The van der Waals surface area contributed by atoms with Crippen molar-refractivity contribution in [3.05, 3.63) is 186 Å². The molecule has 0 radical (unpaired) electrons. The van der Waals surface area contributed by atoms with Crippen molar-refractivity contribution in [1.29, 1.82) is 0 Å². The molecule has 0 bridgehead atoms. The van der Waals surface area contributed by atoms with Gasteiger partial charge in [0.25, 0.3) is 0 Å². The van der Waals surface area contributed by atoms with Crippen LogP contribution < -0.4 is 39.2 Å². The zero-order valence-corrected chi connectivity index (χ0v) is 76.8. The van der Waals surface area contributed by atoms with E-state index < -0.39 is 45.4 Å². The van der Waals surface area contributed by atoms with Crippen LogP contribution in [0.25, 0.3) is 24.3 Å². The quantitative estimate of drug-likeness (QED) is 0.109. The Kier molecular flexibility index (Phi) is 24.5. The van der Waals surface area contributed by atoms with Gasteiger partial charge in [0.15, 0.2) is 9.84 Å². The fourth-order valence-corrected chi connectivity index (χ4v) is 24.4. The van der Waals surface area contributed by atoms with Crippen LogP contribution in [0.4, 0.5) is 46.0 Å². The maximum atomic E-state index is 12.3. The summed E-state index contributed by atoms with van der Waals surface area (Å²) in [4.78, 5) is 73.0. The third-order valence-electron chi connectivity index (χ3n) is 25.8. The van der Waals surface area contributed by atoms with Crippen molar-refractivity contribution >= 4 is 145 Å². The molecule has 0 aromatic carbocycles. The van der Waals surface area contributed by atoms with Gasteiger partial charge in [0, 0.05) is 266 Å². The van der Waals surface area contributed by atoms with Gasteiger partial charge in [0.2, 0.25) is 30.1 Å². The normalized spacial score (nSPS) is 22.0. The number of hydrogen-bond acceptors (Lipinski definition) is 28. The molecule has 124 heavy (non-hydrogen) atoms. The molecule has 8 aromatic rings. The molecule has 12 aliphatic rings. The van der Waals surface area contributed by atoms with Gasteiger partial charge in [-0.1, -0.05) is 83.4 Å². The number of nitrogens with zero attached hydrogens (tertiary/aromatic N) is 23.